The highest BCUT2D eigenvalue weighted by Crippen LogP contribution is 2.40. The van der Waals surface area contributed by atoms with Crippen LogP contribution < -0.4 is 53.9 Å². The number of carboxylic acids is 1. The van der Waals surface area contributed by atoms with E-state index in [0.29, 0.717) is 54.4 Å². The van der Waals surface area contributed by atoms with E-state index in [0.717, 1.165) is 58.8 Å². The molecule has 0 amide bonds. The van der Waals surface area contributed by atoms with Gasteiger partial charge in [-0.2, -0.15) is 30.6 Å². The van der Waals surface area contributed by atoms with Crippen LogP contribution in [-0.4, -0.2) is 172 Å². The summed E-state index contributed by atoms with van der Waals surface area (Å²) in [5.74, 6) is 1.29. The zero-order valence-corrected chi connectivity index (χ0v) is 88.6. The molecule has 0 aliphatic carbocycles. The van der Waals surface area contributed by atoms with E-state index in [2.05, 4.69) is 35.4 Å². The number of aliphatic carboxylic acids is 1. The number of carboxylic acid groups (broad SMARTS) is 1. The molecule has 792 valence electrons. The minimum absolute atomic E-state index is 0. The molecule has 0 saturated heterocycles. The Hall–Kier alpha value is -13.5. The van der Waals surface area contributed by atoms with Crippen molar-refractivity contribution in [1.82, 2.24) is 72.4 Å². The van der Waals surface area contributed by atoms with Crippen molar-refractivity contribution in [2.45, 2.75) is 210 Å². The molecule has 4 N–H and O–H groups in total. The van der Waals surface area contributed by atoms with E-state index in [1.54, 1.807) is 48.5 Å². The lowest BCUT2D eigenvalue weighted by molar-refractivity contribution is -0.139. The second-order valence-corrected chi connectivity index (χ2v) is 40.3. The highest BCUT2D eigenvalue weighted by atomic mass is 35.5. The summed E-state index contributed by atoms with van der Waals surface area (Å²) in [6.07, 6.45) is 5.73. The summed E-state index contributed by atoms with van der Waals surface area (Å²) in [6, 6.07) is 30.9. The number of aliphatic hydroxyl groups excluding tert-OH is 1. The van der Waals surface area contributed by atoms with Gasteiger partial charge in [-0.3, -0.25) is 61.7 Å². The molecule has 148 heavy (non-hydrogen) atoms. The van der Waals surface area contributed by atoms with E-state index in [-0.39, 0.29) is 193 Å². The molecular formula is C103H122ClF3N16O22S3. The summed E-state index contributed by atoms with van der Waals surface area (Å²) in [5, 5.41) is 45.7. The van der Waals surface area contributed by atoms with E-state index in [9.17, 15) is 80.9 Å². The number of ether oxygens (including phenoxy) is 7. The first-order valence-electron chi connectivity index (χ1n) is 47.1. The summed E-state index contributed by atoms with van der Waals surface area (Å²) < 4.78 is 91.0. The molecule has 14 rings (SSSR count). The first-order valence-corrected chi connectivity index (χ1v) is 49.6. The number of aliphatic hydroxyl groups is 1. The maximum Gasteiger partial charge on any atom is 0.333 e. The van der Waals surface area contributed by atoms with Gasteiger partial charge in [-0.25, -0.2) is 47.2 Å². The molecule has 3 atom stereocenters. The predicted octanol–water partition coefficient (Wildman–Crippen LogP) is 14.2. The van der Waals surface area contributed by atoms with Gasteiger partial charge in [-0.1, -0.05) is 136 Å². The molecule has 0 radical (unpaired) electrons. The number of nitrogens with two attached hydrogens (primary N) is 1. The number of ketones is 5. The predicted molar refractivity (Wildman–Crippen MR) is 554 cm³/mol. The van der Waals surface area contributed by atoms with Crippen LogP contribution in [0.25, 0.3) is 45.7 Å². The Labute approximate surface area is 866 Å². The molecule has 0 unspecified atom stereocenters. The van der Waals surface area contributed by atoms with Crippen molar-refractivity contribution in [2.24, 2.45) is 23.7 Å². The summed E-state index contributed by atoms with van der Waals surface area (Å²) in [4.78, 5) is 171. The lowest BCUT2D eigenvalue weighted by Gasteiger charge is -2.28. The van der Waals surface area contributed by atoms with Gasteiger partial charge in [0.05, 0.1) is 134 Å². The van der Waals surface area contributed by atoms with Crippen molar-refractivity contribution in [1.29, 1.82) is 0 Å². The molecule has 38 nitrogen and oxygen atoms in total. The van der Waals surface area contributed by atoms with E-state index in [4.69, 9.17) is 39.1 Å². The largest absolute Gasteiger partial charge is 0.496 e. The third-order valence-corrected chi connectivity index (χ3v) is 28.1. The van der Waals surface area contributed by atoms with Crippen molar-refractivity contribution in [3.63, 3.8) is 0 Å². The Balaban J connectivity index is 0.000000217. The minimum atomic E-state index is -1.51. The molecule has 14 aromatic rings. The van der Waals surface area contributed by atoms with E-state index in [1.165, 1.54) is 155 Å². The van der Waals surface area contributed by atoms with Crippen molar-refractivity contribution in [3.8, 4) is 32.3 Å². The van der Waals surface area contributed by atoms with Crippen LogP contribution in [0.1, 0.15) is 184 Å². The molecule has 9 aromatic heterocycles. The van der Waals surface area contributed by atoms with Crippen LogP contribution in [0.4, 0.5) is 13.2 Å². The standard InChI is InChI=1S/C37H42FN5O7S.C30H36FN5O7S.C29H34FN5O7S.C7H9NO.ClH/c1-23(2)18-31(45)37(4,5)42-33(46)32-24(3)34(43-39-15-16-40-43)51-35(32)41(36(42)47)20-30(28-19-26(38)12-13-29(28)48-6)50-17-14-27(44)22-49-21-25-10-8-7-9-11-25;1-17(2)13-24(39)30(4,5)35-26(40)25-18(3)27(36-32-10-11-33-36)44-28(25)34(29(35)41)15-23(43-12-9-20(38)16-37)21-14-19(31)7-8-22(21)42-6;1-16(2)13-22(36)29(4,5)34-25(39)24-17(3)26(35-31-10-11-32-35)43-27(24)33(28(34)40)15-21(42-12-9-23(37)38)19-14-18(30)7-8-20(19)41-6;8-9-6-7-4-2-1-3-5-7;/h7-13,15-16,19,23,30H,14,17-18,20-22H2,1-6H3;7-8,10-11,14,17,23,37H,9,12-13,15-16H2,1-6H3;7-8,10-11,14,16,21H,9,12-13,15H2,1-6H3,(H,37,38);1-5H,6,8H2;1H/t30-;23-;21-;;/m000../s1. The second-order valence-electron chi connectivity index (χ2n) is 37.3. The van der Waals surface area contributed by atoms with E-state index in [1.807, 2.05) is 102 Å². The Morgan fingerprint density at radius 3 is 0.973 bits per heavy atom. The Kier molecular flexibility index (Phi) is 40.8. The average Bonchev–Trinajstić information content (AvgIpc) is 1.57. The molecule has 0 saturated carbocycles. The third kappa shape index (κ3) is 27.3. The van der Waals surface area contributed by atoms with Crippen LogP contribution in [-0.2, 0) is 102 Å². The highest BCUT2D eigenvalue weighted by Gasteiger charge is 2.41. The number of halogens is 4. The van der Waals surface area contributed by atoms with Gasteiger partial charge in [-0.05, 0) is 146 Å². The number of thiophene rings is 3. The number of hydrogen-bond donors (Lipinski definition) is 3. The highest BCUT2D eigenvalue weighted by molar-refractivity contribution is 7.22. The average molecular weight is 2120 g/mol. The number of fused-ring (bicyclic) bond motifs is 3. The fourth-order valence-electron chi connectivity index (χ4n) is 16.4. The summed E-state index contributed by atoms with van der Waals surface area (Å²) in [7, 11) is 4.23. The quantitative estimate of drug-likeness (QED) is 0.0298. The van der Waals surface area contributed by atoms with Gasteiger partial charge >= 0.3 is 23.0 Å². The van der Waals surface area contributed by atoms with Crippen molar-refractivity contribution >= 4 is 112 Å². The lowest BCUT2D eigenvalue weighted by atomic mass is 9.91. The van der Waals surface area contributed by atoms with Crippen LogP contribution in [0.2, 0.25) is 0 Å². The summed E-state index contributed by atoms with van der Waals surface area (Å²) in [6.45, 7) is 24.5. The normalized spacial score (nSPS) is 12.3. The maximum atomic E-state index is 14.8. The number of aromatic nitrogens is 15. The third-order valence-electron chi connectivity index (χ3n) is 24.2. The first-order chi connectivity index (χ1) is 69.8. The molecular weight excluding hydrogens is 2000 g/mol. The fraction of sp³-hybridized carbons (Fsp3) is 0.417. The fourth-order valence-corrected chi connectivity index (χ4v) is 20.1. The van der Waals surface area contributed by atoms with Crippen LogP contribution in [0.15, 0.2) is 181 Å². The topological polar surface area (TPSA) is 467 Å². The van der Waals surface area contributed by atoms with E-state index < -0.39 is 104 Å². The van der Waals surface area contributed by atoms with Crippen molar-refractivity contribution in [3.05, 3.63) is 277 Å². The molecule has 0 fully saturated rings. The Bertz CT molecular complexity index is 7400. The van der Waals surface area contributed by atoms with Gasteiger partial charge in [0.1, 0.15) is 112 Å². The van der Waals surface area contributed by atoms with Crippen LogP contribution in [0.5, 0.6) is 17.2 Å². The smallest absolute Gasteiger partial charge is 0.333 e. The molecule has 0 aliphatic heterocycles. The number of aryl methyl sites for hydroxylation is 3. The number of carbonyl (C=O) groups excluding carboxylic acids is 5. The zero-order valence-electron chi connectivity index (χ0n) is 85.3. The van der Waals surface area contributed by atoms with Crippen LogP contribution >= 0.6 is 46.4 Å². The number of methoxy groups -OCH3 is 3. The maximum absolute atomic E-state index is 14.8. The molecule has 45 heteroatoms. The van der Waals surface area contributed by atoms with Gasteiger partial charge < -0.3 is 43.4 Å². The van der Waals surface area contributed by atoms with Gasteiger partial charge in [0.25, 0.3) is 16.7 Å². The van der Waals surface area contributed by atoms with E-state index >= 15 is 0 Å². The number of rotatable bonds is 46. The first kappa shape index (κ1) is 116. The monoisotopic (exact) mass is 2120 g/mol. The number of Topliss-reactive ketones (excluding diaryl/α,β-unsaturated/α-hetero) is 5. The molecule has 0 bridgehead atoms. The minimum Gasteiger partial charge on any atom is -0.496 e. The molecule has 0 spiro atoms. The second kappa shape index (κ2) is 51.9. The van der Waals surface area contributed by atoms with Crippen LogP contribution in [0.3, 0.4) is 0 Å². The number of nitrogens with zero attached hydrogens (tertiary/aromatic N) is 15. The number of carbonyl (C=O) groups is 6. The summed E-state index contributed by atoms with van der Waals surface area (Å²) >= 11 is 3.35. The van der Waals surface area contributed by atoms with Crippen LogP contribution in [0, 0.1) is 56.0 Å². The zero-order chi connectivity index (χ0) is 107. The Morgan fingerprint density at radius 2 is 0.703 bits per heavy atom. The summed E-state index contributed by atoms with van der Waals surface area (Å²) in [5.41, 5.74) is -4.35. The number of benzene rings is 5. The molecule has 9 heterocycles. The van der Waals surface area contributed by atoms with Crippen molar-refractivity contribution < 1.29 is 90.1 Å². The lowest BCUT2D eigenvalue weighted by Crippen LogP contribution is -2.53. The van der Waals surface area contributed by atoms with Gasteiger partial charge in [0, 0.05) is 65.5 Å². The van der Waals surface area contributed by atoms with Crippen molar-refractivity contribution in [2.75, 3.05) is 54.4 Å². The molecule has 0 aliphatic rings. The van der Waals surface area contributed by atoms with Gasteiger partial charge in [0.2, 0.25) is 0 Å². The van der Waals surface area contributed by atoms with Gasteiger partial charge in [-0.15, -0.1) is 26.8 Å². The van der Waals surface area contributed by atoms with Gasteiger partial charge in [0.15, 0.2) is 28.9 Å². The number of hydrogen-bond acceptors (Lipinski definition) is 31. The SMILES string of the molecule is COc1ccc(F)cc1[C@H](Cn1c(=O)n(C(C)(C)C(=O)CC(C)C)c(=O)c2c(C)c(-n3nccn3)sc21)OCCC(=O)CO.COc1ccc(F)cc1[C@H](Cn1c(=O)n(C(C)(C)C(=O)CC(C)C)c(=O)c2c(C)c(-n3nccn3)sc21)OCCC(=O)COCc1ccccc1.COc1ccc(F)cc1[C@H](Cn1c(=O)n(C(C)(C)C(=O)CC(C)C)c(=O)c2c(C)c(-n3nccn3)sc21)OCCC(=O)O.Cl.NOCc1ccccc1. The Morgan fingerprint density at radius 1 is 0.419 bits per heavy atom. The molecule has 5 aromatic carbocycles.